The second-order valence-electron chi connectivity index (χ2n) is 7.92. The lowest BCUT2D eigenvalue weighted by atomic mass is 9.75. The maximum Gasteiger partial charge on any atom is 0.0762 e. The number of aromatic nitrogens is 2. The normalized spacial score (nSPS) is 26.9. The van der Waals surface area contributed by atoms with Crippen molar-refractivity contribution in [3.63, 3.8) is 0 Å². The van der Waals surface area contributed by atoms with Crippen LogP contribution in [0.5, 0.6) is 0 Å². The third-order valence-electron chi connectivity index (χ3n) is 5.39. The standard InChI is InChI=1S/C18H31N3/c1-18(2)11-6-7-15(13-18)19-14-16-10-12-21(20-16)17-8-4-3-5-9-17/h10,12,15,17,19H,3-9,11,13-14H2,1-2H3. The van der Waals surface area contributed by atoms with Gasteiger partial charge in [0.15, 0.2) is 0 Å². The summed E-state index contributed by atoms with van der Waals surface area (Å²) in [7, 11) is 0. The summed E-state index contributed by atoms with van der Waals surface area (Å²) in [6.07, 6.45) is 14.3. The van der Waals surface area contributed by atoms with E-state index in [1.165, 1.54) is 63.5 Å². The first-order valence-electron chi connectivity index (χ1n) is 8.90. The molecule has 3 nitrogen and oxygen atoms in total. The molecule has 1 atom stereocenters. The van der Waals surface area contributed by atoms with Crippen LogP contribution in [-0.4, -0.2) is 15.8 Å². The quantitative estimate of drug-likeness (QED) is 0.887. The van der Waals surface area contributed by atoms with Gasteiger partial charge in [0.2, 0.25) is 0 Å². The summed E-state index contributed by atoms with van der Waals surface area (Å²) in [6.45, 7) is 5.73. The van der Waals surface area contributed by atoms with Gasteiger partial charge in [0, 0.05) is 18.8 Å². The fourth-order valence-electron chi connectivity index (χ4n) is 4.14. The van der Waals surface area contributed by atoms with Gasteiger partial charge in [0.25, 0.3) is 0 Å². The molecule has 3 rings (SSSR count). The average molecular weight is 289 g/mol. The monoisotopic (exact) mass is 289 g/mol. The molecule has 0 aliphatic heterocycles. The molecule has 0 spiro atoms. The van der Waals surface area contributed by atoms with Crippen molar-refractivity contribution in [2.45, 2.75) is 90.3 Å². The molecule has 2 aliphatic rings. The summed E-state index contributed by atoms with van der Waals surface area (Å²) in [6, 6.07) is 3.53. The van der Waals surface area contributed by atoms with E-state index in [1.807, 2.05) is 0 Å². The molecule has 3 heteroatoms. The van der Waals surface area contributed by atoms with Crippen LogP contribution in [0.4, 0.5) is 0 Å². The molecular formula is C18H31N3. The Bertz CT molecular complexity index is 443. The lowest BCUT2D eigenvalue weighted by Gasteiger charge is -2.35. The van der Waals surface area contributed by atoms with Crippen molar-refractivity contribution >= 4 is 0 Å². The Morgan fingerprint density at radius 3 is 2.76 bits per heavy atom. The molecule has 2 saturated carbocycles. The minimum atomic E-state index is 0.511. The van der Waals surface area contributed by atoms with Crippen LogP contribution in [0.2, 0.25) is 0 Å². The van der Waals surface area contributed by atoms with Crippen molar-refractivity contribution in [2.75, 3.05) is 0 Å². The molecule has 0 radical (unpaired) electrons. The number of hydrogen-bond acceptors (Lipinski definition) is 2. The number of hydrogen-bond donors (Lipinski definition) is 1. The highest BCUT2D eigenvalue weighted by Crippen LogP contribution is 2.35. The topological polar surface area (TPSA) is 29.9 Å². The summed E-state index contributed by atoms with van der Waals surface area (Å²) < 4.78 is 2.22. The molecule has 2 fully saturated rings. The van der Waals surface area contributed by atoms with Crippen LogP contribution in [0.3, 0.4) is 0 Å². The molecule has 0 aromatic carbocycles. The van der Waals surface area contributed by atoms with Gasteiger partial charge < -0.3 is 5.32 Å². The highest BCUT2D eigenvalue weighted by molar-refractivity contribution is 5.00. The Morgan fingerprint density at radius 2 is 2.00 bits per heavy atom. The third kappa shape index (κ3) is 4.09. The molecule has 1 N–H and O–H groups in total. The van der Waals surface area contributed by atoms with Crippen molar-refractivity contribution in [3.05, 3.63) is 18.0 Å². The molecule has 1 heterocycles. The lowest BCUT2D eigenvalue weighted by molar-refractivity contribution is 0.197. The van der Waals surface area contributed by atoms with Crippen molar-refractivity contribution in [1.82, 2.24) is 15.1 Å². The largest absolute Gasteiger partial charge is 0.308 e. The molecule has 0 amide bonds. The van der Waals surface area contributed by atoms with E-state index in [4.69, 9.17) is 5.10 Å². The van der Waals surface area contributed by atoms with Gasteiger partial charge in [-0.15, -0.1) is 0 Å². The number of nitrogens with zero attached hydrogens (tertiary/aromatic N) is 2. The molecule has 118 valence electrons. The molecule has 1 aromatic heterocycles. The molecule has 1 aromatic rings. The number of nitrogens with one attached hydrogen (secondary N) is 1. The van der Waals surface area contributed by atoms with Gasteiger partial charge in [-0.25, -0.2) is 0 Å². The Balaban J connectivity index is 1.50. The van der Waals surface area contributed by atoms with E-state index in [0.717, 1.165) is 6.54 Å². The van der Waals surface area contributed by atoms with Gasteiger partial charge in [-0.2, -0.15) is 5.10 Å². The van der Waals surface area contributed by atoms with Crippen LogP contribution in [0, 0.1) is 5.41 Å². The maximum atomic E-state index is 4.81. The average Bonchev–Trinajstić information content (AvgIpc) is 2.94. The minimum Gasteiger partial charge on any atom is -0.308 e. The van der Waals surface area contributed by atoms with E-state index >= 15 is 0 Å². The summed E-state index contributed by atoms with van der Waals surface area (Å²) in [5.41, 5.74) is 1.72. The van der Waals surface area contributed by atoms with Crippen LogP contribution in [-0.2, 0) is 6.54 Å². The summed E-state index contributed by atoms with van der Waals surface area (Å²) in [5.74, 6) is 0. The van der Waals surface area contributed by atoms with Gasteiger partial charge in [-0.3, -0.25) is 4.68 Å². The van der Waals surface area contributed by atoms with Crippen LogP contribution < -0.4 is 5.32 Å². The summed E-state index contributed by atoms with van der Waals surface area (Å²) >= 11 is 0. The van der Waals surface area contributed by atoms with E-state index in [2.05, 4.69) is 36.1 Å². The second kappa shape index (κ2) is 6.51. The molecule has 21 heavy (non-hydrogen) atoms. The number of rotatable bonds is 4. The van der Waals surface area contributed by atoms with E-state index in [-0.39, 0.29) is 0 Å². The summed E-state index contributed by atoms with van der Waals surface area (Å²) in [5, 5.41) is 8.54. The molecule has 0 saturated heterocycles. The van der Waals surface area contributed by atoms with Crippen LogP contribution >= 0.6 is 0 Å². The zero-order valence-electron chi connectivity index (χ0n) is 13.8. The van der Waals surface area contributed by atoms with Crippen LogP contribution in [0.25, 0.3) is 0 Å². The third-order valence-corrected chi connectivity index (χ3v) is 5.39. The van der Waals surface area contributed by atoms with Crippen molar-refractivity contribution in [1.29, 1.82) is 0 Å². The van der Waals surface area contributed by atoms with Crippen molar-refractivity contribution < 1.29 is 0 Å². The van der Waals surface area contributed by atoms with Crippen molar-refractivity contribution in [3.8, 4) is 0 Å². The SMILES string of the molecule is CC1(C)CCCC(NCc2ccn(C3CCCCC3)n2)C1. The Hall–Kier alpha value is -0.830. The van der Waals surface area contributed by atoms with E-state index in [9.17, 15) is 0 Å². The Morgan fingerprint density at radius 1 is 1.19 bits per heavy atom. The smallest absolute Gasteiger partial charge is 0.0762 e. The maximum absolute atomic E-state index is 4.81. The predicted molar refractivity (Wildman–Crippen MR) is 87.2 cm³/mol. The fraction of sp³-hybridized carbons (Fsp3) is 0.833. The summed E-state index contributed by atoms with van der Waals surface area (Å²) in [4.78, 5) is 0. The zero-order valence-corrected chi connectivity index (χ0v) is 13.8. The minimum absolute atomic E-state index is 0.511. The van der Waals surface area contributed by atoms with E-state index in [0.29, 0.717) is 17.5 Å². The van der Waals surface area contributed by atoms with Gasteiger partial charge >= 0.3 is 0 Å². The first kappa shape index (κ1) is 15.1. The van der Waals surface area contributed by atoms with Gasteiger partial charge in [0.1, 0.15) is 0 Å². The first-order chi connectivity index (χ1) is 10.1. The second-order valence-corrected chi connectivity index (χ2v) is 7.92. The van der Waals surface area contributed by atoms with Gasteiger partial charge in [-0.05, 0) is 43.6 Å². The van der Waals surface area contributed by atoms with Crippen molar-refractivity contribution in [2.24, 2.45) is 5.41 Å². The van der Waals surface area contributed by atoms with Gasteiger partial charge in [0.05, 0.1) is 11.7 Å². The molecule has 1 unspecified atom stereocenters. The predicted octanol–water partition coefficient (Wildman–Crippen LogP) is 4.45. The Kier molecular flexibility index (Phi) is 4.68. The van der Waals surface area contributed by atoms with E-state index < -0.39 is 0 Å². The molecular weight excluding hydrogens is 258 g/mol. The molecule has 0 bridgehead atoms. The Labute approximate surface area is 129 Å². The van der Waals surface area contributed by atoms with E-state index in [1.54, 1.807) is 0 Å². The molecule has 2 aliphatic carbocycles. The first-order valence-corrected chi connectivity index (χ1v) is 8.90. The highest BCUT2D eigenvalue weighted by atomic mass is 15.3. The highest BCUT2D eigenvalue weighted by Gasteiger charge is 2.27. The fourth-order valence-corrected chi connectivity index (χ4v) is 4.14. The van der Waals surface area contributed by atoms with Gasteiger partial charge in [-0.1, -0.05) is 39.5 Å². The van der Waals surface area contributed by atoms with Crippen LogP contribution in [0.1, 0.15) is 83.4 Å². The lowest BCUT2D eigenvalue weighted by Crippen LogP contribution is -2.37. The van der Waals surface area contributed by atoms with Crippen LogP contribution in [0.15, 0.2) is 12.3 Å². The zero-order chi connectivity index (χ0) is 14.7.